The molecule has 0 N–H and O–H groups in total. The van der Waals surface area contributed by atoms with Crippen LogP contribution >= 0.6 is 15.9 Å². The molecule has 0 aliphatic carbocycles. The predicted molar refractivity (Wildman–Crippen MR) is 50.8 cm³/mol. The summed E-state index contributed by atoms with van der Waals surface area (Å²) in [5.41, 5.74) is 0.715. The summed E-state index contributed by atoms with van der Waals surface area (Å²) < 4.78 is 5.05. The van der Waals surface area contributed by atoms with Crippen molar-refractivity contribution >= 4 is 21.9 Å². The molecule has 0 spiro atoms. The zero-order valence-corrected chi connectivity index (χ0v) is 8.46. The molecular formula is C9H6BrNO2. The summed E-state index contributed by atoms with van der Waals surface area (Å²) in [6.07, 6.45) is 1.60. The molecule has 13 heavy (non-hydrogen) atoms. The molecule has 1 aromatic heterocycles. The molecule has 0 amide bonds. The van der Waals surface area contributed by atoms with Crippen molar-refractivity contribution in [3.8, 4) is 11.8 Å². The normalized spacial score (nSPS) is 8.46. The Labute approximate surface area is 84.3 Å². The zero-order chi connectivity index (χ0) is 9.68. The number of carbonyl (C=O) groups excluding carboxylic acids is 1. The van der Waals surface area contributed by atoms with Gasteiger partial charge >= 0.3 is 5.97 Å². The van der Waals surface area contributed by atoms with Gasteiger partial charge in [-0.15, -0.1) is 0 Å². The summed E-state index contributed by atoms with van der Waals surface area (Å²) >= 11 is 3.19. The minimum Gasteiger partial charge on any atom is -0.459 e. The van der Waals surface area contributed by atoms with Gasteiger partial charge < -0.3 is 4.74 Å². The van der Waals surface area contributed by atoms with Gasteiger partial charge in [0, 0.05) is 17.7 Å². The average Bonchev–Trinajstić information content (AvgIpc) is 2.14. The van der Waals surface area contributed by atoms with E-state index in [4.69, 9.17) is 0 Å². The number of rotatable bonds is 0. The molecule has 0 aliphatic heterocycles. The van der Waals surface area contributed by atoms with Gasteiger partial charge in [0.25, 0.3) is 0 Å². The Kier molecular flexibility index (Phi) is 3.47. The number of nitrogens with zero attached hydrogens (tertiary/aromatic N) is 1. The van der Waals surface area contributed by atoms with Gasteiger partial charge in [0.05, 0.1) is 7.11 Å². The highest BCUT2D eigenvalue weighted by Gasteiger charge is 1.92. The van der Waals surface area contributed by atoms with E-state index in [-0.39, 0.29) is 0 Å². The molecule has 4 heteroatoms. The van der Waals surface area contributed by atoms with Gasteiger partial charge in [-0.25, -0.2) is 9.78 Å². The van der Waals surface area contributed by atoms with Crippen LogP contribution in [0.15, 0.2) is 22.9 Å². The standard InChI is InChI=1S/C9H6BrNO2/c1-13-9(12)3-2-7-4-5-11-8(10)6-7/h4-6H,1H3. The summed E-state index contributed by atoms with van der Waals surface area (Å²) in [6.45, 7) is 0. The number of carbonyl (C=O) groups is 1. The molecule has 1 heterocycles. The molecule has 0 fully saturated rings. The van der Waals surface area contributed by atoms with E-state index < -0.39 is 5.97 Å². The van der Waals surface area contributed by atoms with E-state index in [1.165, 1.54) is 7.11 Å². The van der Waals surface area contributed by atoms with Crippen LogP contribution in [0, 0.1) is 11.8 Å². The molecular weight excluding hydrogens is 234 g/mol. The van der Waals surface area contributed by atoms with Crippen molar-refractivity contribution in [2.45, 2.75) is 0 Å². The number of esters is 1. The highest BCUT2D eigenvalue weighted by molar-refractivity contribution is 9.10. The molecule has 1 aromatic rings. The molecule has 0 atom stereocenters. The lowest BCUT2D eigenvalue weighted by atomic mass is 10.3. The maximum Gasteiger partial charge on any atom is 0.384 e. The Balaban J connectivity index is 2.83. The van der Waals surface area contributed by atoms with E-state index in [0.29, 0.717) is 10.2 Å². The van der Waals surface area contributed by atoms with E-state index in [2.05, 4.69) is 37.5 Å². The molecule has 0 saturated heterocycles. The van der Waals surface area contributed by atoms with Gasteiger partial charge in [0.2, 0.25) is 0 Å². The van der Waals surface area contributed by atoms with Crippen LogP contribution in [0.5, 0.6) is 0 Å². The minimum absolute atomic E-state index is 0.548. The van der Waals surface area contributed by atoms with Crippen LogP contribution < -0.4 is 0 Å². The van der Waals surface area contributed by atoms with Crippen molar-refractivity contribution in [1.29, 1.82) is 0 Å². The number of ether oxygens (including phenoxy) is 1. The summed E-state index contributed by atoms with van der Waals surface area (Å²) in [5.74, 6) is 4.41. The third-order valence-corrected chi connectivity index (χ3v) is 1.65. The number of aromatic nitrogens is 1. The van der Waals surface area contributed by atoms with E-state index in [0.717, 1.165) is 0 Å². The molecule has 3 nitrogen and oxygen atoms in total. The first-order valence-electron chi connectivity index (χ1n) is 3.44. The van der Waals surface area contributed by atoms with Crippen LogP contribution in [0.4, 0.5) is 0 Å². The minimum atomic E-state index is -0.548. The van der Waals surface area contributed by atoms with Crippen LogP contribution in [-0.4, -0.2) is 18.1 Å². The van der Waals surface area contributed by atoms with Crippen LogP contribution in [-0.2, 0) is 9.53 Å². The van der Waals surface area contributed by atoms with Crippen molar-refractivity contribution in [2.75, 3.05) is 7.11 Å². The second-order valence-corrected chi connectivity index (χ2v) is 2.92. The topological polar surface area (TPSA) is 39.2 Å². The van der Waals surface area contributed by atoms with Gasteiger partial charge in [-0.3, -0.25) is 0 Å². The second kappa shape index (κ2) is 4.63. The lowest BCUT2D eigenvalue weighted by molar-refractivity contribution is -0.133. The molecule has 0 aromatic carbocycles. The van der Waals surface area contributed by atoms with E-state index in [9.17, 15) is 4.79 Å². The van der Waals surface area contributed by atoms with Crippen molar-refractivity contribution in [3.05, 3.63) is 28.5 Å². The van der Waals surface area contributed by atoms with Crippen molar-refractivity contribution < 1.29 is 9.53 Å². The SMILES string of the molecule is COC(=O)C#Cc1ccnc(Br)c1. The van der Waals surface area contributed by atoms with E-state index in [1.54, 1.807) is 18.3 Å². The van der Waals surface area contributed by atoms with Crippen LogP contribution in [0.1, 0.15) is 5.56 Å². The Hall–Kier alpha value is -1.34. The molecule has 1 rings (SSSR count). The fraction of sp³-hybridized carbons (Fsp3) is 0.111. The number of pyridine rings is 1. The third-order valence-electron chi connectivity index (χ3n) is 1.22. The monoisotopic (exact) mass is 239 g/mol. The number of halogens is 1. The van der Waals surface area contributed by atoms with E-state index in [1.807, 2.05) is 0 Å². The van der Waals surface area contributed by atoms with Crippen LogP contribution in [0.25, 0.3) is 0 Å². The molecule has 0 unspecified atom stereocenters. The Morgan fingerprint density at radius 3 is 3.08 bits per heavy atom. The Bertz CT molecular complexity index is 379. The van der Waals surface area contributed by atoms with Gasteiger partial charge in [-0.2, -0.15) is 0 Å². The fourth-order valence-corrected chi connectivity index (χ4v) is 1.02. The molecule has 0 bridgehead atoms. The summed E-state index contributed by atoms with van der Waals surface area (Å²) in [4.78, 5) is 14.6. The van der Waals surface area contributed by atoms with Crippen molar-refractivity contribution in [2.24, 2.45) is 0 Å². The first-order chi connectivity index (χ1) is 6.22. The highest BCUT2D eigenvalue weighted by Crippen LogP contribution is 2.06. The number of hydrogen-bond acceptors (Lipinski definition) is 3. The third kappa shape index (κ3) is 3.26. The smallest absolute Gasteiger partial charge is 0.384 e. The van der Waals surface area contributed by atoms with Crippen LogP contribution in [0.3, 0.4) is 0 Å². The van der Waals surface area contributed by atoms with Gasteiger partial charge in [-0.1, -0.05) is 5.92 Å². The lowest BCUT2D eigenvalue weighted by Crippen LogP contribution is -1.94. The first kappa shape index (κ1) is 9.75. The zero-order valence-electron chi connectivity index (χ0n) is 6.87. The number of hydrogen-bond donors (Lipinski definition) is 0. The molecule has 0 radical (unpaired) electrons. The van der Waals surface area contributed by atoms with Gasteiger partial charge in [-0.05, 0) is 28.1 Å². The van der Waals surface area contributed by atoms with Crippen molar-refractivity contribution in [1.82, 2.24) is 4.98 Å². The van der Waals surface area contributed by atoms with E-state index >= 15 is 0 Å². The first-order valence-corrected chi connectivity index (χ1v) is 4.23. The van der Waals surface area contributed by atoms with Gasteiger partial charge in [0.15, 0.2) is 0 Å². The Morgan fingerprint density at radius 1 is 1.69 bits per heavy atom. The quantitative estimate of drug-likeness (QED) is 0.390. The fourth-order valence-electron chi connectivity index (χ4n) is 0.654. The molecule has 66 valence electrons. The van der Waals surface area contributed by atoms with Gasteiger partial charge in [0.1, 0.15) is 4.60 Å². The Morgan fingerprint density at radius 2 is 2.46 bits per heavy atom. The maximum absolute atomic E-state index is 10.6. The van der Waals surface area contributed by atoms with Crippen molar-refractivity contribution in [3.63, 3.8) is 0 Å². The highest BCUT2D eigenvalue weighted by atomic mass is 79.9. The predicted octanol–water partition coefficient (Wildman–Crippen LogP) is 1.37. The lowest BCUT2D eigenvalue weighted by Gasteiger charge is -1.89. The second-order valence-electron chi connectivity index (χ2n) is 2.11. The average molecular weight is 240 g/mol. The summed E-state index contributed by atoms with van der Waals surface area (Å²) in [6, 6.07) is 3.43. The summed E-state index contributed by atoms with van der Waals surface area (Å²) in [5, 5.41) is 0. The largest absolute Gasteiger partial charge is 0.459 e. The van der Waals surface area contributed by atoms with Crippen LogP contribution in [0.2, 0.25) is 0 Å². The molecule has 0 aliphatic rings. The molecule has 0 saturated carbocycles. The maximum atomic E-state index is 10.6. The number of methoxy groups -OCH3 is 1. The summed E-state index contributed by atoms with van der Waals surface area (Å²) in [7, 11) is 1.29.